The lowest BCUT2D eigenvalue weighted by atomic mass is 9.85. The van der Waals surface area contributed by atoms with Crippen molar-refractivity contribution in [3.05, 3.63) is 88.5 Å². The van der Waals surface area contributed by atoms with Crippen LogP contribution in [0.4, 0.5) is 0 Å². The minimum atomic E-state index is -0.506. The van der Waals surface area contributed by atoms with Gasteiger partial charge in [0.2, 0.25) is 0 Å². The molecule has 0 radical (unpaired) electrons. The zero-order chi connectivity index (χ0) is 15.9. The number of ether oxygens (including phenoxy) is 1. The average Bonchev–Trinajstić information content (AvgIpc) is 3.17. The Hall–Kier alpha value is -2.10. The topological polar surface area (TPSA) is 27.1 Å². The van der Waals surface area contributed by atoms with Gasteiger partial charge in [0.25, 0.3) is 0 Å². The van der Waals surface area contributed by atoms with Crippen LogP contribution in [0.5, 0.6) is 0 Å². The van der Waals surface area contributed by atoms with Gasteiger partial charge in [-0.3, -0.25) is 0 Å². The fourth-order valence-electron chi connectivity index (χ4n) is 3.28. The molecule has 4 heteroatoms. The van der Waals surface area contributed by atoms with Crippen LogP contribution in [0.2, 0.25) is 5.02 Å². The molecule has 2 heterocycles. The van der Waals surface area contributed by atoms with E-state index in [0.717, 1.165) is 16.1 Å². The molecule has 0 bridgehead atoms. The number of hydrogen-bond donors (Lipinski definition) is 0. The molecule has 2 aromatic carbocycles. The highest BCUT2D eigenvalue weighted by Crippen LogP contribution is 2.44. The zero-order valence-electron chi connectivity index (χ0n) is 12.9. The van der Waals surface area contributed by atoms with Gasteiger partial charge in [0.15, 0.2) is 0 Å². The number of rotatable bonds is 3. The maximum atomic E-state index is 6.36. The van der Waals surface area contributed by atoms with Crippen LogP contribution in [0, 0.1) is 6.92 Å². The minimum absolute atomic E-state index is 0.506. The maximum Gasteiger partial charge on any atom is 0.137 e. The first-order valence-electron chi connectivity index (χ1n) is 7.63. The summed E-state index contributed by atoms with van der Waals surface area (Å²) in [4.78, 5) is 4.16. The van der Waals surface area contributed by atoms with Crippen LogP contribution in [0.3, 0.4) is 0 Å². The number of aryl methyl sites for hydroxylation is 1. The Morgan fingerprint density at radius 1 is 1.22 bits per heavy atom. The monoisotopic (exact) mass is 324 g/mol. The normalized spacial score (nSPS) is 19.7. The summed E-state index contributed by atoms with van der Waals surface area (Å²) in [5.74, 6) is 0. The first kappa shape index (κ1) is 14.5. The molecule has 3 aromatic rings. The molecule has 3 nitrogen and oxygen atoms in total. The van der Waals surface area contributed by atoms with Crippen molar-refractivity contribution >= 4 is 11.6 Å². The summed E-state index contributed by atoms with van der Waals surface area (Å²) in [7, 11) is 0. The average molecular weight is 325 g/mol. The van der Waals surface area contributed by atoms with E-state index in [1.165, 1.54) is 11.1 Å². The summed E-state index contributed by atoms with van der Waals surface area (Å²) >= 11 is 6.16. The third-order valence-electron chi connectivity index (χ3n) is 4.46. The van der Waals surface area contributed by atoms with Crippen LogP contribution < -0.4 is 0 Å². The van der Waals surface area contributed by atoms with Crippen molar-refractivity contribution in [2.75, 3.05) is 0 Å². The summed E-state index contributed by atoms with van der Waals surface area (Å²) in [6, 6.07) is 14.6. The number of aromatic nitrogens is 2. The van der Waals surface area contributed by atoms with Crippen LogP contribution in [0.15, 0.2) is 61.2 Å². The van der Waals surface area contributed by atoms with Crippen LogP contribution in [-0.2, 0) is 23.5 Å². The Balaban J connectivity index is 1.88. The highest BCUT2D eigenvalue weighted by Gasteiger charge is 2.42. The van der Waals surface area contributed by atoms with Crippen molar-refractivity contribution in [1.29, 1.82) is 0 Å². The predicted octanol–water partition coefficient (Wildman–Crippen LogP) is 4.32. The predicted molar refractivity (Wildman–Crippen MR) is 90.4 cm³/mol. The molecule has 116 valence electrons. The molecular weight excluding hydrogens is 308 g/mol. The lowest BCUT2D eigenvalue weighted by Crippen LogP contribution is -2.32. The molecule has 0 spiro atoms. The first-order valence-corrected chi connectivity index (χ1v) is 8.01. The molecule has 4 rings (SSSR count). The number of nitrogens with zero attached hydrogens (tertiary/aromatic N) is 2. The van der Waals surface area contributed by atoms with E-state index in [9.17, 15) is 0 Å². The molecule has 1 aliphatic rings. The number of hydrogen-bond acceptors (Lipinski definition) is 2. The van der Waals surface area contributed by atoms with Crippen LogP contribution in [-0.4, -0.2) is 9.55 Å². The second kappa shape index (κ2) is 5.52. The van der Waals surface area contributed by atoms with Gasteiger partial charge in [-0.1, -0.05) is 47.5 Å². The Kier molecular flexibility index (Phi) is 3.47. The summed E-state index contributed by atoms with van der Waals surface area (Å²) < 4.78 is 8.42. The van der Waals surface area contributed by atoms with Gasteiger partial charge >= 0.3 is 0 Å². The van der Waals surface area contributed by atoms with Crippen LogP contribution in [0.1, 0.15) is 22.3 Å². The van der Waals surface area contributed by atoms with E-state index >= 15 is 0 Å². The smallest absolute Gasteiger partial charge is 0.137 e. The molecule has 0 fully saturated rings. The third-order valence-corrected chi connectivity index (χ3v) is 4.69. The van der Waals surface area contributed by atoms with Gasteiger partial charge in [-0.25, -0.2) is 4.98 Å². The van der Waals surface area contributed by atoms with Crippen molar-refractivity contribution in [3.8, 4) is 0 Å². The Morgan fingerprint density at radius 3 is 2.78 bits per heavy atom. The second-order valence-corrected chi connectivity index (χ2v) is 6.45. The number of benzene rings is 2. The maximum absolute atomic E-state index is 6.36. The molecular formula is C19H17ClN2O. The Morgan fingerprint density at radius 2 is 2.04 bits per heavy atom. The van der Waals surface area contributed by atoms with Gasteiger partial charge < -0.3 is 9.30 Å². The van der Waals surface area contributed by atoms with Crippen LogP contribution in [0.25, 0.3) is 0 Å². The molecule has 0 saturated heterocycles. The lowest BCUT2D eigenvalue weighted by Gasteiger charge is -2.31. The van der Waals surface area contributed by atoms with Gasteiger partial charge in [-0.15, -0.1) is 0 Å². The fraction of sp³-hybridized carbons (Fsp3) is 0.211. The molecule has 23 heavy (non-hydrogen) atoms. The number of fused-ring (bicyclic) bond motifs is 1. The van der Waals surface area contributed by atoms with E-state index in [1.54, 1.807) is 6.20 Å². The van der Waals surface area contributed by atoms with E-state index in [1.807, 2.05) is 24.7 Å². The van der Waals surface area contributed by atoms with Crippen molar-refractivity contribution in [3.63, 3.8) is 0 Å². The van der Waals surface area contributed by atoms with Crippen LogP contribution >= 0.6 is 11.6 Å². The molecule has 1 atom stereocenters. The number of imidazole rings is 1. The number of halogens is 1. The highest BCUT2D eigenvalue weighted by molar-refractivity contribution is 6.30. The Labute approximate surface area is 140 Å². The molecule has 1 aliphatic heterocycles. The van der Waals surface area contributed by atoms with Crippen molar-refractivity contribution < 1.29 is 4.74 Å². The van der Waals surface area contributed by atoms with Crippen molar-refractivity contribution in [2.45, 2.75) is 25.7 Å². The van der Waals surface area contributed by atoms with Gasteiger partial charge in [0.1, 0.15) is 5.60 Å². The van der Waals surface area contributed by atoms with Gasteiger partial charge in [0, 0.05) is 17.4 Å². The van der Waals surface area contributed by atoms with Crippen molar-refractivity contribution in [1.82, 2.24) is 9.55 Å². The van der Waals surface area contributed by atoms with E-state index in [-0.39, 0.29) is 0 Å². The van der Waals surface area contributed by atoms with E-state index in [4.69, 9.17) is 16.3 Å². The van der Waals surface area contributed by atoms with Crippen molar-refractivity contribution in [2.24, 2.45) is 0 Å². The molecule has 0 saturated carbocycles. The van der Waals surface area contributed by atoms with Gasteiger partial charge in [-0.2, -0.15) is 0 Å². The van der Waals surface area contributed by atoms with E-state index < -0.39 is 5.60 Å². The first-order chi connectivity index (χ1) is 11.2. The largest absolute Gasteiger partial charge is 0.359 e. The molecule has 0 N–H and O–H groups in total. The third kappa shape index (κ3) is 2.46. The quantitative estimate of drug-likeness (QED) is 0.717. The second-order valence-electron chi connectivity index (χ2n) is 6.02. The highest BCUT2D eigenvalue weighted by atomic mass is 35.5. The molecule has 0 aliphatic carbocycles. The summed E-state index contributed by atoms with van der Waals surface area (Å²) in [5, 5.41) is 0.745. The SMILES string of the molecule is Cc1ccc(C2(Cn3ccnc3)OCc3cc(Cl)ccc32)cc1. The van der Waals surface area contributed by atoms with E-state index in [2.05, 4.69) is 46.8 Å². The summed E-state index contributed by atoms with van der Waals surface area (Å²) in [6.45, 7) is 3.35. The summed E-state index contributed by atoms with van der Waals surface area (Å²) in [5.41, 5.74) is 4.21. The molecule has 1 unspecified atom stereocenters. The fourth-order valence-corrected chi connectivity index (χ4v) is 3.47. The zero-order valence-corrected chi connectivity index (χ0v) is 13.6. The summed E-state index contributed by atoms with van der Waals surface area (Å²) in [6.07, 6.45) is 5.58. The standard InChI is InChI=1S/C19H17ClN2O/c1-14-2-4-16(5-3-14)19(12-22-9-8-21-13-22)18-7-6-17(20)10-15(18)11-23-19/h2-10,13H,11-12H2,1H3. The lowest BCUT2D eigenvalue weighted by molar-refractivity contribution is -0.0180. The minimum Gasteiger partial charge on any atom is -0.359 e. The molecule has 0 amide bonds. The molecule has 1 aromatic heterocycles. The Bertz CT molecular complexity index is 827. The van der Waals surface area contributed by atoms with Gasteiger partial charge in [-0.05, 0) is 35.7 Å². The van der Waals surface area contributed by atoms with Gasteiger partial charge in [0.05, 0.1) is 19.5 Å². The van der Waals surface area contributed by atoms with E-state index in [0.29, 0.717) is 13.2 Å².